The summed E-state index contributed by atoms with van der Waals surface area (Å²) in [5.74, 6) is -1.88. The van der Waals surface area contributed by atoms with Gasteiger partial charge in [0.25, 0.3) is 0 Å². The molecule has 136 valence electrons. The van der Waals surface area contributed by atoms with Crippen LogP contribution in [0.3, 0.4) is 0 Å². The predicted octanol–water partition coefficient (Wildman–Crippen LogP) is 3.98. The fraction of sp³-hybridized carbons (Fsp3) is 0.333. The fourth-order valence-electron chi connectivity index (χ4n) is 3.28. The van der Waals surface area contributed by atoms with Gasteiger partial charge >= 0.3 is 5.97 Å². The molecule has 0 aromatic heterocycles. The minimum Gasteiger partial charge on any atom is -0.481 e. The van der Waals surface area contributed by atoms with Crippen LogP contribution in [0.15, 0.2) is 54.6 Å². The molecule has 0 saturated carbocycles. The number of rotatable bonds is 5. The molecule has 0 radical (unpaired) electrons. The van der Waals surface area contributed by atoms with E-state index in [2.05, 4.69) is 5.32 Å². The molecule has 0 aliphatic carbocycles. The van der Waals surface area contributed by atoms with Crippen molar-refractivity contribution in [2.75, 3.05) is 11.9 Å². The van der Waals surface area contributed by atoms with Gasteiger partial charge in [-0.15, -0.1) is 0 Å². The molecule has 2 aromatic carbocycles. The number of carbonyl (C=O) groups excluding carboxylic acids is 1. The zero-order valence-corrected chi connectivity index (χ0v) is 14.7. The normalized spacial score (nSPS) is 21.0. The molecule has 3 atom stereocenters. The minimum atomic E-state index is -0.890. The summed E-state index contributed by atoms with van der Waals surface area (Å²) in [6.07, 6.45) is 1.35. The first kappa shape index (κ1) is 18.1. The quantitative estimate of drug-likeness (QED) is 0.852. The Labute approximate surface area is 153 Å². The maximum Gasteiger partial charge on any atom is 0.310 e. The van der Waals surface area contributed by atoms with Crippen molar-refractivity contribution in [1.82, 2.24) is 0 Å². The fourth-order valence-corrected chi connectivity index (χ4v) is 3.28. The van der Waals surface area contributed by atoms with Crippen molar-refractivity contribution in [3.63, 3.8) is 0 Å². The van der Waals surface area contributed by atoms with Crippen LogP contribution in [0.1, 0.15) is 42.9 Å². The maximum atomic E-state index is 12.9. The van der Waals surface area contributed by atoms with Gasteiger partial charge in [0.05, 0.1) is 17.9 Å². The van der Waals surface area contributed by atoms with E-state index in [9.17, 15) is 9.59 Å². The molecule has 1 aliphatic rings. The molecule has 0 bridgehead atoms. The highest BCUT2D eigenvalue weighted by Crippen LogP contribution is 2.34. The first-order chi connectivity index (χ1) is 12.6. The molecule has 3 rings (SSSR count). The Kier molecular flexibility index (Phi) is 5.68. The Bertz CT molecular complexity index is 775. The molecule has 1 amide bonds. The SMILES string of the molecule is CC(C(=O)O)c1cccc(NC(=O)C2CCCOC2c2ccccc2)c1. The maximum absolute atomic E-state index is 12.9. The number of amides is 1. The molecule has 2 aromatic rings. The Morgan fingerprint density at radius 3 is 2.65 bits per heavy atom. The summed E-state index contributed by atoms with van der Waals surface area (Å²) in [6, 6.07) is 16.8. The summed E-state index contributed by atoms with van der Waals surface area (Å²) in [4.78, 5) is 24.0. The van der Waals surface area contributed by atoms with Crippen molar-refractivity contribution in [1.29, 1.82) is 0 Å². The summed E-state index contributed by atoms with van der Waals surface area (Å²) < 4.78 is 5.89. The number of anilines is 1. The van der Waals surface area contributed by atoms with Gasteiger partial charge in [0.2, 0.25) is 5.91 Å². The standard InChI is InChI=1S/C21H23NO4/c1-14(21(24)25)16-9-5-10-17(13-16)22-20(23)18-11-6-12-26-19(18)15-7-3-2-4-8-15/h2-5,7-10,13-14,18-19H,6,11-12H2,1H3,(H,22,23)(H,24,25). The number of aliphatic carboxylic acids is 1. The van der Waals surface area contributed by atoms with Gasteiger partial charge in [-0.3, -0.25) is 9.59 Å². The van der Waals surface area contributed by atoms with Crippen molar-refractivity contribution in [2.24, 2.45) is 5.92 Å². The Hall–Kier alpha value is -2.66. The molecule has 5 heteroatoms. The van der Waals surface area contributed by atoms with E-state index in [4.69, 9.17) is 9.84 Å². The van der Waals surface area contributed by atoms with Crippen molar-refractivity contribution in [3.8, 4) is 0 Å². The van der Waals surface area contributed by atoms with Crippen LogP contribution in [0.5, 0.6) is 0 Å². The number of nitrogens with one attached hydrogen (secondary N) is 1. The molecule has 0 spiro atoms. The van der Waals surface area contributed by atoms with Crippen molar-refractivity contribution in [2.45, 2.75) is 31.8 Å². The molecule has 1 saturated heterocycles. The molecule has 26 heavy (non-hydrogen) atoms. The van der Waals surface area contributed by atoms with E-state index in [-0.39, 0.29) is 17.9 Å². The summed E-state index contributed by atoms with van der Waals surface area (Å²) in [7, 11) is 0. The van der Waals surface area contributed by atoms with Gasteiger partial charge in [-0.2, -0.15) is 0 Å². The van der Waals surface area contributed by atoms with Gasteiger partial charge in [-0.25, -0.2) is 0 Å². The summed E-state index contributed by atoms with van der Waals surface area (Å²) in [6.45, 7) is 2.28. The van der Waals surface area contributed by atoms with Crippen LogP contribution in [-0.4, -0.2) is 23.6 Å². The van der Waals surface area contributed by atoms with Gasteiger partial charge in [0.1, 0.15) is 0 Å². The number of hydrogen-bond donors (Lipinski definition) is 2. The van der Waals surface area contributed by atoms with Crippen LogP contribution in [0.2, 0.25) is 0 Å². The van der Waals surface area contributed by atoms with E-state index in [0.29, 0.717) is 17.9 Å². The van der Waals surface area contributed by atoms with Gasteiger partial charge in [-0.05, 0) is 43.0 Å². The number of carboxylic acids is 1. The third-order valence-corrected chi connectivity index (χ3v) is 4.81. The summed E-state index contributed by atoms with van der Waals surface area (Å²) in [5.41, 5.74) is 2.27. The monoisotopic (exact) mass is 353 g/mol. The van der Waals surface area contributed by atoms with E-state index in [0.717, 1.165) is 18.4 Å². The largest absolute Gasteiger partial charge is 0.481 e. The highest BCUT2D eigenvalue weighted by Gasteiger charge is 2.33. The zero-order valence-electron chi connectivity index (χ0n) is 14.7. The summed E-state index contributed by atoms with van der Waals surface area (Å²) in [5, 5.41) is 12.1. The molecule has 1 aliphatic heterocycles. The van der Waals surface area contributed by atoms with Crippen molar-refractivity contribution >= 4 is 17.6 Å². The van der Waals surface area contributed by atoms with Crippen LogP contribution < -0.4 is 5.32 Å². The van der Waals surface area contributed by atoms with E-state index in [1.54, 1.807) is 31.2 Å². The topological polar surface area (TPSA) is 75.6 Å². The number of carboxylic acid groups (broad SMARTS) is 1. The second kappa shape index (κ2) is 8.15. The third-order valence-electron chi connectivity index (χ3n) is 4.81. The lowest BCUT2D eigenvalue weighted by molar-refractivity contribution is -0.138. The van der Waals surface area contributed by atoms with Crippen LogP contribution in [-0.2, 0) is 14.3 Å². The number of benzene rings is 2. The molecular weight excluding hydrogens is 330 g/mol. The van der Waals surface area contributed by atoms with E-state index in [1.807, 2.05) is 30.3 Å². The second-order valence-electron chi connectivity index (χ2n) is 6.63. The molecule has 3 unspecified atom stereocenters. The average molecular weight is 353 g/mol. The Morgan fingerprint density at radius 1 is 1.15 bits per heavy atom. The van der Waals surface area contributed by atoms with Crippen molar-refractivity contribution in [3.05, 3.63) is 65.7 Å². The molecule has 1 fully saturated rings. The second-order valence-corrected chi connectivity index (χ2v) is 6.63. The lowest BCUT2D eigenvalue weighted by atomic mass is 9.88. The predicted molar refractivity (Wildman–Crippen MR) is 99.0 cm³/mol. The minimum absolute atomic E-state index is 0.0984. The number of carbonyl (C=O) groups is 2. The van der Waals surface area contributed by atoms with Crippen LogP contribution in [0, 0.1) is 5.92 Å². The highest BCUT2D eigenvalue weighted by atomic mass is 16.5. The summed E-state index contributed by atoms with van der Waals surface area (Å²) >= 11 is 0. The van der Waals surface area contributed by atoms with E-state index < -0.39 is 11.9 Å². The Balaban J connectivity index is 1.76. The smallest absolute Gasteiger partial charge is 0.310 e. The lowest BCUT2D eigenvalue weighted by Gasteiger charge is -2.31. The molecule has 1 heterocycles. The first-order valence-electron chi connectivity index (χ1n) is 8.86. The lowest BCUT2D eigenvalue weighted by Crippen LogP contribution is -2.33. The van der Waals surface area contributed by atoms with Crippen molar-refractivity contribution < 1.29 is 19.4 Å². The van der Waals surface area contributed by atoms with Gasteiger partial charge < -0.3 is 15.2 Å². The highest BCUT2D eigenvalue weighted by molar-refractivity contribution is 5.93. The molecule has 2 N–H and O–H groups in total. The van der Waals surface area contributed by atoms with E-state index in [1.165, 1.54) is 0 Å². The molecule has 5 nitrogen and oxygen atoms in total. The van der Waals surface area contributed by atoms with Gasteiger partial charge in [0.15, 0.2) is 0 Å². The van der Waals surface area contributed by atoms with E-state index >= 15 is 0 Å². The van der Waals surface area contributed by atoms with Crippen LogP contribution in [0.4, 0.5) is 5.69 Å². The third kappa shape index (κ3) is 4.11. The number of hydrogen-bond acceptors (Lipinski definition) is 3. The first-order valence-corrected chi connectivity index (χ1v) is 8.86. The van der Waals surface area contributed by atoms with Crippen LogP contribution in [0.25, 0.3) is 0 Å². The molecular formula is C21H23NO4. The number of ether oxygens (including phenoxy) is 1. The Morgan fingerprint density at radius 2 is 1.92 bits per heavy atom. The van der Waals surface area contributed by atoms with Gasteiger partial charge in [0, 0.05) is 12.3 Å². The zero-order chi connectivity index (χ0) is 18.5. The average Bonchev–Trinajstić information content (AvgIpc) is 2.68. The van der Waals surface area contributed by atoms with Gasteiger partial charge in [-0.1, -0.05) is 42.5 Å². The van der Waals surface area contributed by atoms with Crippen LogP contribution >= 0.6 is 0 Å².